The van der Waals surface area contributed by atoms with Gasteiger partial charge in [-0.1, -0.05) is 36.4 Å². The molecule has 4 heterocycles. The van der Waals surface area contributed by atoms with Crippen LogP contribution in [0, 0.1) is 12.8 Å². The summed E-state index contributed by atoms with van der Waals surface area (Å²) in [7, 11) is 2.03. The van der Waals surface area contributed by atoms with E-state index in [4.69, 9.17) is 9.72 Å². The Bertz CT molecular complexity index is 1550. The van der Waals surface area contributed by atoms with Crippen LogP contribution in [-0.4, -0.2) is 37.4 Å². The number of imidazole rings is 1. The van der Waals surface area contributed by atoms with Crippen LogP contribution in [0.5, 0.6) is 0 Å². The van der Waals surface area contributed by atoms with Crippen molar-refractivity contribution in [1.82, 2.24) is 19.1 Å². The van der Waals surface area contributed by atoms with Crippen LogP contribution >= 0.6 is 0 Å². The van der Waals surface area contributed by atoms with Crippen LogP contribution < -0.4 is 0 Å². The third kappa shape index (κ3) is 4.14. The van der Waals surface area contributed by atoms with Crippen LogP contribution in [0.4, 0.5) is 0 Å². The van der Waals surface area contributed by atoms with Crippen molar-refractivity contribution in [2.45, 2.75) is 45.3 Å². The van der Waals surface area contributed by atoms with Crippen LogP contribution in [-0.2, 0) is 17.4 Å². The Morgan fingerprint density at radius 3 is 2.43 bits per heavy atom. The smallest absolute Gasteiger partial charge is 0.0960 e. The molecule has 2 aromatic carbocycles. The standard InChI is InChI=1S/C31H34N4O2/c1-20-29(34(4)19-33-20)23-16-27-28(32-18-23)25-17-24(31(2,3)36)10-11-26(25)35(27)30(21-8-6-5-7-9-21)22-12-14-37-15-13-22/h5-11,16-19,22,30,36H,12-15H2,1-4H3/t30-/m1/s1. The van der Waals surface area contributed by atoms with Gasteiger partial charge in [-0.3, -0.25) is 4.98 Å². The zero-order valence-corrected chi connectivity index (χ0v) is 22.0. The predicted molar refractivity (Wildman–Crippen MR) is 148 cm³/mol. The van der Waals surface area contributed by atoms with E-state index in [0.717, 1.165) is 70.5 Å². The molecule has 6 rings (SSSR count). The number of rotatable bonds is 5. The first-order valence-electron chi connectivity index (χ1n) is 13.1. The van der Waals surface area contributed by atoms with Crippen molar-refractivity contribution < 1.29 is 9.84 Å². The summed E-state index contributed by atoms with van der Waals surface area (Å²) >= 11 is 0. The van der Waals surface area contributed by atoms with Gasteiger partial charge in [0.25, 0.3) is 0 Å². The quantitative estimate of drug-likeness (QED) is 0.319. The molecule has 1 aliphatic rings. The number of benzene rings is 2. The molecule has 1 atom stereocenters. The maximum absolute atomic E-state index is 10.8. The molecular weight excluding hydrogens is 460 g/mol. The molecule has 0 radical (unpaired) electrons. The van der Waals surface area contributed by atoms with Crippen molar-refractivity contribution in [3.8, 4) is 11.3 Å². The van der Waals surface area contributed by atoms with Crippen LogP contribution in [0.15, 0.2) is 67.1 Å². The number of nitrogens with zero attached hydrogens (tertiary/aromatic N) is 4. The second-order valence-corrected chi connectivity index (χ2v) is 10.8. The summed E-state index contributed by atoms with van der Waals surface area (Å²) in [6.07, 6.45) is 5.83. The van der Waals surface area contributed by atoms with E-state index in [2.05, 4.69) is 68.7 Å². The lowest BCUT2D eigenvalue weighted by Gasteiger charge is -2.33. The fourth-order valence-corrected chi connectivity index (χ4v) is 5.99. The van der Waals surface area contributed by atoms with Crippen molar-refractivity contribution in [2.24, 2.45) is 13.0 Å². The van der Waals surface area contributed by atoms with E-state index < -0.39 is 5.60 Å². The molecule has 1 aliphatic heterocycles. The third-order valence-electron chi connectivity index (χ3n) is 7.87. The Hall–Kier alpha value is -3.48. The van der Waals surface area contributed by atoms with Gasteiger partial charge in [0.2, 0.25) is 0 Å². The van der Waals surface area contributed by atoms with E-state index >= 15 is 0 Å². The van der Waals surface area contributed by atoms with Gasteiger partial charge in [0.05, 0.1) is 45.9 Å². The summed E-state index contributed by atoms with van der Waals surface area (Å²) in [6, 6.07) is 19.6. The largest absolute Gasteiger partial charge is 0.386 e. The van der Waals surface area contributed by atoms with E-state index in [0.29, 0.717) is 5.92 Å². The summed E-state index contributed by atoms with van der Waals surface area (Å²) < 4.78 is 10.3. The molecule has 0 unspecified atom stereocenters. The van der Waals surface area contributed by atoms with E-state index in [9.17, 15) is 5.11 Å². The molecule has 0 amide bonds. The van der Waals surface area contributed by atoms with Crippen molar-refractivity contribution in [1.29, 1.82) is 0 Å². The zero-order chi connectivity index (χ0) is 25.7. The molecule has 1 fully saturated rings. The maximum Gasteiger partial charge on any atom is 0.0960 e. The zero-order valence-electron chi connectivity index (χ0n) is 22.0. The summed E-state index contributed by atoms with van der Waals surface area (Å²) in [5, 5.41) is 11.9. The van der Waals surface area contributed by atoms with Crippen LogP contribution in [0.25, 0.3) is 33.2 Å². The van der Waals surface area contributed by atoms with Crippen molar-refractivity contribution >= 4 is 21.9 Å². The van der Waals surface area contributed by atoms with Gasteiger partial charge < -0.3 is 19.0 Å². The van der Waals surface area contributed by atoms with Crippen LogP contribution in [0.1, 0.15) is 49.6 Å². The fraction of sp³-hybridized carbons (Fsp3) is 0.355. The Labute approximate surface area is 217 Å². The Morgan fingerprint density at radius 2 is 1.76 bits per heavy atom. The number of ether oxygens (including phenoxy) is 1. The summed E-state index contributed by atoms with van der Waals surface area (Å²) in [5.74, 6) is 0.436. The number of hydrogen-bond donors (Lipinski definition) is 1. The molecule has 3 aromatic heterocycles. The molecule has 6 heteroatoms. The first-order valence-corrected chi connectivity index (χ1v) is 13.1. The van der Waals surface area contributed by atoms with E-state index in [1.165, 1.54) is 5.56 Å². The topological polar surface area (TPSA) is 65.1 Å². The minimum atomic E-state index is -0.937. The Balaban J connectivity index is 1.68. The molecule has 5 aromatic rings. The van der Waals surface area contributed by atoms with E-state index in [-0.39, 0.29) is 6.04 Å². The first-order chi connectivity index (χ1) is 17.8. The summed E-state index contributed by atoms with van der Waals surface area (Å²) in [4.78, 5) is 9.56. The monoisotopic (exact) mass is 494 g/mol. The van der Waals surface area contributed by atoms with E-state index in [1.807, 2.05) is 40.3 Å². The van der Waals surface area contributed by atoms with Gasteiger partial charge in [-0.25, -0.2) is 4.98 Å². The van der Waals surface area contributed by atoms with Crippen LogP contribution in [0.3, 0.4) is 0 Å². The lowest BCUT2D eigenvalue weighted by molar-refractivity contribution is 0.0552. The number of pyridine rings is 1. The Kier molecular flexibility index (Phi) is 5.89. The highest BCUT2D eigenvalue weighted by atomic mass is 16.5. The van der Waals surface area contributed by atoms with Crippen molar-refractivity contribution in [3.63, 3.8) is 0 Å². The average Bonchev–Trinajstić information content (AvgIpc) is 3.40. The lowest BCUT2D eigenvalue weighted by atomic mass is 9.86. The fourth-order valence-electron chi connectivity index (χ4n) is 5.99. The second-order valence-electron chi connectivity index (χ2n) is 10.8. The molecule has 0 spiro atoms. The molecule has 0 aliphatic carbocycles. The predicted octanol–water partition coefficient (Wildman–Crippen LogP) is 6.14. The molecule has 190 valence electrons. The number of hydrogen-bond acceptors (Lipinski definition) is 4. The molecule has 1 N–H and O–H groups in total. The van der Waals surface area contributed by atoms with E-state index in [1.54, 1.807) is 0 Å². The molecule has 0 bridgehead atoms. The molecule has 0 saturated carbocycles. The van der Waals surface area contributed by atoms with Gasteiger partial charge >= 0.3 is 0 Å². The molecule has 1 saturated heterocycles. The second kappa shape index (κ2) is 9.12. The maximum atomic E-state index is 10.8. The van der Waals surface area contributed by atoms with Crippen molar-refractivity contribution in [2.75, 3.05) is 13.2 Å². The van der Waals surface area contributed by atoms with Gasteiger partial charge in [-0.2, -0.15) is 0 Å². The summed E-state index contributed by atoms with van der Waals surface area (Å²) in [6.45, 7) is 7.27. The molecule has 37 heavy (non-hydrogen) atoms. The van der Waals surface area contributed by atoms with Crippen molar-refractivity contribution in [3.05, 3.63) is 83.9 Å². The van der Waals surface area contributed by atoms with Gasteiger partial charge in [0, 0.05) is 37.4 Å². The number of fused-ring (bicyclic) bond motifs is 3. The number of aryl methyl sites for hydroxylation is 2. The van der Waals surface area contributed by atoms with Crippen LogP contribution in [0.2, 0.25) is 0 Å². The van der Waals surface area contributed by atoms with Gasteiger partial charge in [-0.05, 0) is 68.9 Å². The average molecular weight is 495 g/mol. The normalized spacial score (nSPS) is 16.0. The minimum absolute atomic E-state index is 0.141. The lowest BCUT2D eigenvalue weighted by Crippen LogP contribution is -2.27. The summed E-state index contributed by atoms with van der Waals surface area (Å²) in [5.41, 5.74) is 7.54. The highest BCUT2D eigenvalue weighted by Crippen LogP contribution is 2.42. The minimum Gasteiger partial charge on any atom is -0.386 e. The third-order valence-corrected chi connectivity index (χ3v) is 7.87. The highest BCUT2D eigenvalue weighted by molar-refractivity contribution is 6.07. The Morgan fingerprint density at radius 1 is 1.00 bits per heavy atom. The SMILES string of the molecule is Cc1ncn(C)c1-c1cnc2c3cc(C(C)(C)O)ccc3n([C@H](c3ccccc3)C3CCOCC3)c2c1. The number of aromatic nitrogens is 4. The molecular formula is C31H34N4O2. The number of aliphatic hydroxyl groups is 1. The highest BCUT2D eigenvalue weighted by Gasteiger charge is 2.31. The van der Waals surface area contributed by atoms with Gasteiger partial charge in [0.15, 0.2) is 0 Å². The molecule has 6 nitrogen and oxygen atoms in total. The first kappa shape index (κ1) is 23.9. The van der Waals surface area contributed by atoms with Gasteiger partial charge in [0.1, 0.15) is 0 Å². The van der Waals surface area contributed by atoms with Gasteiger partial charge in [-0.15, -0.1) is 0 Å².